The summed E-state index contributed by atoms with van der Waals surface area (Å²) in [6.45, 7) is 0.152. The van der Waals surface area contributed by atoms with E-state index in [1.165, 1.54) is 5.56 Å². The van der Waals surface area contributed by atoms with E-state index in [4.69, 9.17) is 4.98 Å². The number of carbonyl (C=O) groups excluding carboxylic acids is 1. The number of benzene rings is 1. The van der Waals surface area contributed by atoms with E-state index in [0.29, 0.717) is 5.16 Å². The van der Waals surface area contributed by atoms with Crippen LogP contribution in [0.4, 0.5) is 0 Å². The Bertz CT molecular complexity index is 960. The summed E-state index contributed by atoms with van der Waals surface area (Å²) in [5.74, 6) is -1.14. The molecule has 2 heterocycles. The van der Waals surface area contributed by atoms with Crippen molar-refractivity contribution < 1.29 is 9.90 Å². The third kappa shape index (κ3) is 2.06. The van der Waals surface area contributed by atoms with E-state index >= 15 is 0 Å². The van der Waals surface area contributed by atoms with Gasteiger partial charge in [-0.25, -0.2) is 4.98 Å². The molecule has 1 spiro atoms. The summed E-state index contributed by atoms with van der Waals surface area (Å²) in [4.78, 5) is 29.4. The van der Waals surface area contributed by atoms with E-state index in [2.05, 4.69) is 6.07 Å². The summed E-state index contributed by atoms with van der Waals surface area (Å²) in [6, 6.07) is 8.16. The largest absolute Gasteiger partial charge is 0.549 e. The van der Waals surface area contributed by atoms with Crippen LogP contribution >= 0.6 is 11.8 Å². The van der Waals surface area contributed by atoms with Crippen LogP contribution in [0.3, 0.4) is 0 Å². The summed E-state index contributed by atoms with van der Waals surface area (Å²) >= 11 is 1.13. The van der Waals surface area contributed by atoms with Crippen LogP contribution in [0.25, 0.3) is 11.3 Å². The first-order valence-electron chi connectivity index (χ1n) is 8.70. The minimum absolute atomic E-state index is 0.0485. The number of carboxylic acids is 1. The monoisotopic (exact) mass is 353 g/mol. The van der Waals surface area contributed by atoms with Crippen molar-refractivity contribution in [3.63, 3.8) is 0 Å². The zero-order valence-corrected chi connectivity index (χ0v) is 14.5. The molecule has 0 radical (unpaired) electrons. The highest BCUT2D eigenvalue weighted by Crippen LogP contribution is 2.50. The Labute approximate surface area is 149 Å². The van der Waals surface area contributed by atoms with Gasteiger partial charge in [0.25, 0.3) is 5.56 Å². The minimum atomic E-state index is -1.14. The van der Waals surface area contributed by atoms with Crippen LogP contribution in [-0.2, 0) is 23.2 Å². The summed E-state index contributed by atoms with van der Waals surface area (Å²) in [5, 5.41) is 11.0. The van der Waals surface area contributed by atoms with E-state index in [9.17, 15) is 14.7 Å². The maximum absolute atomic E-state index is 13.3. The number of aromatic nitrogens is 2. The maximum Gasteiger partial charge on any atom is 0.258 e. The Hall–Kier alpha value is -2.08. The van der Waals surface area contributed by atoms with Crippen LogP contribution in [0.1, 0.15) is 36.8 Å². The van der Waals surface area contributed by atoms with Gasteiger partial charge in [-0.05, 0) is 24.8 Å². The molecule has 0 amide bonds. The number of carboxylic acid groups (broad SMARTS) is 1. The lowest BCUT2D eigenvalue weighted by Gasteiger charge is -2.36. The fourth-order valence-electron chi connectivity index (χ4n) is 4.75. The van der Waals surface area contributed by atoms with Crippen molar-refractivity contribution in [2.24, 2.45) is 0 Å². The van der Waals surface area contributed by atoms with Gasteiger partial charge in [-0.3, -0.25) is 9.36 Å². The van der Waals surface area contributed by atoms with E-state index < -0.39 is 11.2 Å². The normalized spacial score (nSPS) is 22.5. The lowest BCUT2D eigenvalue weighted by molar-refractivity contribution is -0.304. The van der Waals surface area contributed by atoms with Gasteiger partial charge in [0.15, 0.2) is 5.16 Å². The van der Waals surface area contributed by atoms with Crippen LogP contribution in [0, 0.1) is 0 Å². The van der Waals surface area contributed by atoms with Crippen LogP contribution in [0.2, 0.25) is 0 Å². The first kappa shape index (κ1) is 15.2. The maximum atomic E-state index is 13.3. The molecule has 6 heteroatoms. The van der Waals surface area contributed by atoms with Crippen LogP contribution < -0.4 is 10.7 Å². The fourth-order valence-corrected chi connectivity index (χ4v) is 5.75. The summed E-state index contributed by atoms with van der Waals surface area (Å²) < 4.78 is 1.55. The molecule has 5 nitrogen and oxygen atoms in total. The van der Waals surface area contributed by atoms with Crippen molar-refractivity contribution in [3.8, 4) is 11.3 Å². The Morgan fingerprint density at radius 1 is 1.28 bits per heavy atom. The second-order valence-corrected chi connectivity index (χ2v) is 8.45. The SMILES string of the molecule is O=C([O-])[C@@H]1Cn2c(nc3c(c2=O)C2(CCCC2)Cc2ccccc2-3)S1. The molecule has 5 rings (SSSR count). The number of thioether (sulfide) groups is 1. The molecule has 1 aromatic carbocycles. The van der Waals surface area contributed by atoms with Gasteiger partial charge in [0.1, 0.15) is 0 Å². The van der Waals surface area contributed by atoms with E-state index in [1.807, 2.05) is 18.2 Å². The van der Waals surface area contributed by atoms with Gasteiger partial charge in [0.2, 0.25) is 0 Å². The Morgan fingerprint density at radius 2 is 2.04 bits per heavy atom. The molecule has 2 aliphatic carbocycles. The lowest BCUT2D eigenvalue weighted by Crippen LogP contribution is -2.40. The predicted octanol–water partition coefficient (Wildman–Crippen LogP) is 1.50. The van der Waals surface area contributed by atoms with Crippen molar-refractivity contribution in [1.82, 2.24) is 9.55 Å². The average Bonchev–Trinajstić information content (AvgIpc) is 3.22. The van der Waals surface area contributed by atoms with Gasteiger partial charge in [-0.1, -0.05) is 48.9 Å². The summed E-state index contributed by atoms with van der Waals surface area (Å²) in [7, 11) is 0. The lowest BCUT2D eigenvalue weighted by atomic mass is 9.68. The van der Waals surface area contributed by atoms with Gasteiger partial charge >= 0.3 is 0 Å². The van der Waals surface area contributed by atoms with Gasteiger partial charge in [-0.2, -0.15) is 0 Å². The molecule has 0 N–H and O–H groups in total. The van der Waals surface area contributed by atoms with Crippen LogP contribution in [-0.4, -0.2) is 20.8 Å². The third-order valence-corrected chi connectivity index (χ3v) is 7.03. The van der Waals surface area contributed by atoms with E-state index in [1.54, 1.807) is 4.57 Å². The van der Waals surface area contributed by atoms with Crippen molar-refractivity contribution in [2.75, 3.05) is 0 Å². The van der Waals surface area contributed by atoms with Crippen LogP contribution in [0.15, 0.2) is 34.2 Å². The molecule has 1 saturated carbocycles. The molecule has 25 heavy (non-hydrogen) atoms. The third-order valence-electron chi connectivity index (χ3n) is 5.89. The number of hydrogen-bond donors (Lipinski definition) is 0. The van der Waals surface area contributed by atoms with Crippen molar-refractivity contribution >= 4 is 17.7 Å². The number of carbonyl (C=O) groups is 1. The van der Waals surface area contributed by atoms with Gasteiger partial charge < -0.3 is 9.90 Å². The number of hydrogen-bond acceptors (Lipinski definition) is 5. The average molecular weight is 353 g/mol. The minimum Gasteiger partial charge on any atom is -0.549 e. The number of rotatable bonds is 1. The van der Waals surface area contributed by atoms with Crippen molar-refractivity contribution in [3.05, 3.63) is 45.7 Å². The zero-order chi connectivity index (χ0) is 17.2. The Morgan fingerprint density at radius 3 is 2.80 bits per heavy atom. The Balaban J connectivity index is 1.79. The van der Waals surface area contributed by atoms with E-state index in [-0.39, 0.29) is 17.5 Å². The zero-order valence-electron chi connectivity index (χ0n) is 13.7. The number of aliphatic carboxylic acids is 1. The molecule has 0 bridgehead atoms. The molecule has 3 aliphatic rings. The van der Waals surface area contributed by atoms with Gasteiger partial charge in [0.05, 0.1) is 22.5 Å². The highest BCUT2D eigenvalue weighted by molar-refractivity contribution is 8.00. The van der Waals surface area contributed by atoms with Crippen LogP contribution in [0.5, 0.6) is 0 Å². The molecular formula is C19H17N2O3S-. The van der Waals surface area contributed by atoms with Crippen molar-refractivity contribution in [1.29, 1.82) is 0 Å². The highest BCUT2D eigenvalue weighted by atomic mass is 32.2. The quantitative estimate of drug-likeness (QED) is 0.727. The smallest absolute Gasteiger partial charge is 0.258 e. The molecule has 0 saturated heterocycles. The second-order valence-electron chi connectivity index (χ2n) is 7.28. The first-order chi connectivity index (χ1) is 12.1. The highest BCUT2D eigenvalue weighted by Gasteiger charge is 2.45. The number of nitrogens with zero attached hydrogens (tertiary/aromatic N) is 2. The second kappa shape index (κ2) is 5.21. The Kier molecular flexibility index (Phi) is 3.17. The molecule has 0 unspecified atom stereocenters. The standard InChI is InChI=1S/C19H18N2O3S/c22-16-14-15(20-18-21(16)10-13(25-18)17(23)24)12-6-2-1-5-11(12)9-19(14)7-3-4-8-19/h1-2,5-6,13H,3-4,7-10H2,(H,23,24)/p-1/t13-/m0/s1. The fraction of sp³-hybridized carbons (Fsp3) is 0.421. The molecule has 1 aliphatic heterocycles. The summed E-state index contributed by atoms with van der Waals surface area (Å²) in [6.07, 6.45) is 5.13. The molecule has 128 valence electrons. The van der Waals surface area contributed by atoms with Gasteiger partial charge in [0, 0.05) is 17.5 Å². The molecule has 1 aromatic heterocycles. The predicted molar refractivity (Wildman–Crippen MR) is 92.4 cm³/mol. The topological polar surface area (TPSA) is 75.0 Å². The molecule has 1 fully saturated rings. The molecule has 2 aromatic rings. The first-order valence-corrected chi connectivity index (χ1v) is 9.58. The molecule has 1 atom stereocenters. The molecular weight excluding hydrogens is 336 g/mol. The summed E-state index contributed by atoms with van der Waals surface area (Å²) in [5.41, 5.74) is 3.66. The number of fused-ring (bicyclic) bond motifs is 5. The van der Waals surface area contributed by atoms with E-state index in [0.717, 1.165) is 60.7 Å². The van der Waals surface area contributed by atoms with Gasteiger partial charge in [-0.15, -0.1) is 0 Å². The van der Waals surface area contributed by atoms with Crippen molar-refractivity contribution in [2.45, 2.75) is 54.5 Å².